The van der Waals surface area contributed by atoms with Crippen LogP contribution in [-0.4, -0.2) is 48.7 Å². The normalized spacial score (nSPS) is 11.0. The number of pyridine rings is 1. The van der Waals surface area contributed by atoms with Gasteiger partial charge in [0.05, 0.1) is 16.3 Å². The van der Waals surface area contributed by atoms with E-state index >= 15 is 0 Å². The summed E-state index contributed by atoms with van der Waals surface area (Å²) < 4.78 is 0. The molecule has 3 aromatic rings. The number of carbonyl (C=O) groups excluding carboxylic acids is 2. The van der Waals surface area contributed by atoms with Gasteiger partial charge in [0.25, 0.3) is 11.8 Å². The maximum absolute atomic E-state index is 12.8. The number of aromatic nitrogens is 1. The molecule has 1 aromatic heterocycles. The van der Waals surface area contributed by atoms with Gasteiger partial charge >= 0.3 is 0 Å². The van der Waals surface area contributed by atoms with Crippen LogP contribution < -0.4 is 10.6 Å². The van der Waals surface area contributed by atoms with Crippen molar-refractivity contribution in [2.45, 2.75) is 0 Å². The van der Waals surface area contributed by atoms with Gasteiger partial charge in [0.2, 0.25) is 0 Å². The first-order valence-corrected chi connectivity index (χ1v) is 9.84. The predicted octanol–water partition coefficient (Wildman–Crippen LogP) is 4.18. The van der Waals surface area contributed by atoms with Gasteiger partial charge in [0.15, 0.2) is 0 Å². The molecule has 2 N–H and O–H groups in total. The molecule has 0 atom stereocenters. The molecule has 0 spiro atoms. The minimum Gasteiger partial charge on any atom is -0.363 e. The van der Waals surface area contributed by atoms with E-state index in [1.165, 1.54) is 6.20 Å². The van der Waals surface area contributed by atoms with Crippen LogP contribution in [0.1, 0.15) is 26.3 Å². The van der Waals surface area contributed by atoms with Crippen molar-refractivity contribution in [1.82, 2.24) is 9.88 Å². The van der Waals surface area contributed by atoms with Gasteiger partial charge in [-0.3, -0.25) is 14.6 Å². The van der Waals surface area contributed by atoms with Crippen LogP contribution in [0.4, 0.5) is 11.5 Å². The Morgan fingerprint density at radius 2 is 1.58 bits per heavy atom. The van der Waals surface area contributed by atoms with Crippen molar-refractivity contribution in [2.75, 3.05) is 31.8 Å². The SMILES string of the molecule is C/N=C(\c1ccc(C(=O)Nc2ccccc2C(=O)Nc2ccc(Cl)cn2)cc1)N(C)C. The Bertz CT molecular complexity index is 1110. The maximum Gasteiger partial charge on any atom is 0.258 e. The van der Waals surface area contributed by atoms with Gasteiger partial charge < -0.3 is 15.5 Å². The monoisotopic (exact) mass is 435 g/mol. The molecule has 8 heteroatoms. The van der Waals surface area contributed by atoms with Crippen LogP contribution in [0.2, 0.25) is 5.02 Å². The quantitative estimate of drug-likeness (QED) is 0.465. The average Bonchev–Trinajstić information content (AvgIpc) is 2.76. The molecule has 1 heterocycles. The molecule has 0 saturated carbocycles. The number of rotatable bonds is 5. The Morgan fingerprint density at radius 1 is 0.903 bits per heavy atom. The molecule has 31 heavy (non-hydrogen) atoms. The number of aliphatic imine (C=N–C) groups is 1. The van der Waals surface area contributed by atoms with Crippen molar-refractivity contribution < 1.29 is 9.59 Å². The molecule has 2 aromatic carbocycles. The van der Waals surface area contributed by atoms with E-state index in [0.29, 0.717) is 27.7 Å². The van der Waals surface area contributed by atoms with Gasteiger partial charge in [-0.05, 0) is 36.4 Å². The van der Waals surface area contributed by atoms with Crippen LogP contribution in [0.5, 0.6) is 0 Å². The summed E-state index contributed by atoms with van der Waals surface area (Å²) in [6.07, 6.45) is 1.44. The first kappa shape index (κ1) is 22.0. The molecule has 0 unspecified atom stereocenters. The van der Waals surface area contributed by atoms with E-state index in [4.69, 9.17) is 11.6 Å². The number of halogens is 1. The van der Waals surface area contributed by atoms with Gasteiger partial charge in [-0.15, -0.1) is 0 Å². The highest BCUT2D eigenvalue weighted by molar-refractivity contribution is 6.30. The van der Waals surface area contributed by atoms with Gasteiger partial charge in [-0.25, -0.2) is 4.98 Å². The van der Waals surface area contributed by atoms with Gasteiger partial charge in [0, 0.05) is 38.5 Å². The van der Waals surface area contributed by atoms with Crippen molar-refractivity contribution in [3.05, 3.63) is 88.6 Å². The van der Waals surface area contributed by atoms with Crippen molar-refractivity contribution >= 4 is 40.8 Å². The van der Waals surface area contributed by atoms with Crippen molar-refractivity contribution in [1.29, 1.82) is 0 Å². The Kier molecular flexibility index (Phi) is 6.99. The Hall–Kier alpha value is -3.71. The molecule has 2 amide bonds. The lowest BCUT2D eigenvalue weighted by molar-refractivity contribution is 0.102. The fourth-order valence-electron chi connectivity index (χ4n) is 2.98. The van der Waals surface area contributed by atoms with E-state index in [9.17, 15) is 9.59 Å². The number of nitrogens with zero attached hydrogens (tertiary/aromatic N) is 3. The summed E-state index contributed by atoms with van der Waals surface area (Å²) in [7, 11) is 5.53. The fourth-order valence-corrected chi connectivity index (χ4v) is 3.09. The second kappa shape index (κ2) is 9.86. The van der Waals surface area contributed by atoms with Crippen LogP contribution in [0.15, 0.2) is 71.9 Å². The van der Waals surface area contributed by atoms with Crippen molar-refractivity contribution in [2.24, 2.45) is 4.99 Å². The maximum atomic E-state index is 12.8. The zero-order chi connectivity index (χ0) is 22.4. The third kappa shape index (κ3) is 5.46. The molecule has 0 fully saturated rings. The average molecular weight is 436 g/mol. The van der Waals surface area contributed by atoms with E-state index in [1.807, 2.05) is 31.1 Å². The molecular formula is C23H22ClN5O2. The Balaban J connectivity index is 1.76. The predicted molar refractivity (Wildman–Crippen MR) is 124 cm³/mol. The number of amides is 2. The number of hydrogen-bond donors (Lipinski definition) is 2. The van der Waals surface area contributed by atoms with E-state index in [1.54, 1.807) is 55.6 Å². The smallest absolute Gasteiger partial charge is 0.258 e. The number of benzene rings is 2. The summed E-state index contributed by atoms with van der Waals surface area (Å²) in [5.74, 6) is 0.456. The minimum absolute atomic E-state index is 0.317. The molecule has 0 aliphatic carbocycles. The molecule has 0 bridgehead atoms. The lowest BCUT2D eigenvalue weighted by Crippen LogP contribution is -2.23. The van der Waals surface area contributed by atoms with Gasteiger partial charge in [-0.1, -0.05) is 35.9 Å². The topological polar surface area (TPSA) is 86.7 Å². The number of nitrogens with one attached hydrogen (secondary N) is 2. The fraction of sp³-hybridized carbons (Fsp3) is 0.130. The van der Waals surface area contributed by atoms with E-state index in [2.05, 4.69) is 20.6 Å². The van der Waals surface area contributed by atoms with Gasteiger partial charge in [-0.2, -0.15) is 0 Å². The number of amidine groups is 1. The minimum atomic E-state index is -0.393. The van der Waals surface area contributed by atoms with Crippen LogP contribution in [0.25, 0.3) is 0 Å². The molecule has 158 valence electrons. The van der Waals surface area contributed by atoms with Crippen molar-refractivity contribution in [3.8, 4) is 0 Å². The zero-order valence-corrected chi connectivity index (χ0v) is 18.1. The number of para-hydroxylation sites is 1. The van der Waals surface area contributed by atoms with Crippen LogP contribution in [-0.2, 0) is 0 Å². The molecule has 0 aliphatic rings. The van der Waals surface area contributed by atoms with Crippen LogP contribution in [0, 0.1) is 0 Å². The molecule has 3 rings (SSSR count). The van der Waals surface area contributed by atoms with Gasteiger partial charge in [0.1, 0.15) is 11.7 Å². The summed E-state index contributed by atoms with van der Waals surface area (Å²) in [6.45, 7) is 0. The molecule has 0 aliphatic heterocycles. The second-order valence-electron chi connectivity index (χ2n) is 6.83. The highest BCUT2D eigenvalue weighted by Crippen LogP contribution is 2.19. The number of carbonyl (C=O) groups is 2. The first-order chi connectivity index (χ1) is 14.9. The first-order valence-electron chi connectivity index (χ1n) is 9.47. The lowest BCUT2D eigenvalue weighted by Gasteiger charge is -2.15. The second-order valence-corrected chi connectivity index (χ2v) is 7.27. The van der Waals surface area contributed by atoms with E-state index in [-0.39, 0.29) is 5.91 Å². The molecular weight excluding hydrogens is 414 g/mol. The number of hydrogen-bond acceptors (Lipinski definition) is 4. The summed E-state index contributed by atoms with van der Waals surface area (Å²) in [6, 6.07) is 17.1. The highest BCUT2D eigenvalue weighted by Gasteiger charge is 2.15. The Morgan fingerprint density at radius 3 is 2.19 bits per heavy atom. The third-order valence-corrected chi connectivity index (χ3v) is 4.65. The number of anilines is 2. The third-order valence-electron chi connectivity index (χ3n) is 4.43. The molecule has 0 radical (unpaired) electrons. The summed E-state index contributed by atoms with van der Waals surface area (Å²) in [4.78, 5) is 35.7. The summed E-state index contributed by atoms with van der Waals surface area (Å²) in [5.41, 5.74) is 2.08. The van der Waals surface area contributed by atoms with E-state index in [0.717, 1.165) is 11.4 Å². The summed E-state index contributed by atoms with van der Waals surface area (Å²) >= 11 is 5.82. The summed E-state index contributed by atoms with van der Waals surface area (Å²) in [5, 5.41) is 5.98. The standard InChI is InChI=1S/C23H22ClN5O2/c1-25-21(29(2)3)15-8-10-16(11-9-15)22(30)27-19-7-5-4-6-18(19)23(31)28-20-13-12-17(24)14-26-20/h4-14H,1-3H3,(H,27,30)(H,26,28,31)/b25-21+. The van der Waals surface area contributed by atoms with E-state index < -0.39 is 5.91 Å². The molecule has 7 nitrogen and oxygen atoms in total. The van der Waals surface area contributed by atoms with Crippen LogP contribution >= 0.6 is 11.6 Å². The highest BCUT2D eigenvalue weighted by atomic mass is 35.5. The van der Waals surface area contributed by atoms with Crippen LogP contribution in [0.3, 0.4) is 0 Å². The zero-order valence-electron chi connectivity index (χ0n) is 17.4. The lowest BCUT2D eigenvalue weighted by atomic mass is 10.1. The molecule has 0 saturated heterocycles. The van der Waals surface area contributed by atoms with Crippen molar-refractivity contribution in [3.63, 3.8) is 0 Å². The largest absolute Gasteiger partial charge is 0.363 e. The Labute approximate surface area is 185 Å².